The normalized spacial score (nSPS) is 10.9. The highest BCUT2D eigenvalue weighted by molar-refractivity contribution is 7.98. The molecule has 0 spiro atoms. The molecular weight excluding hydrogens is 264 g/mol. The molecule has 2 heterocycles. The molecular formula is C12H14N4O2S. The third kappa shape index (κ3) is 3.31. The zero-order valence-electron chi connectivity index (χ0n) is 10.6. The summed E-state index contributed by atoms with van der Waals surface area (Å²) >= 11 is 1.51. The second-order valence-corrected chi connectivity index (χ2v) is 5.23. The van der Waals surface area contributed by atoms with Crippen LogP contribution in [0, 0.1) is 0 Å². The van der Waals surface area contributed by atoms with E-state index in [0.717, 1.165) is 10.7 Å². The highest BCUT2D eigenvalue weighted by Crippen LogP contribution is 2.22. The van der Waals surface area contributed by atoms with E-state index in [1.165, 1.54) is 24.3 Å². The number of aromatic nitrogens is 4. The van der Waals surface area contributed by atoms with Crippen molar-refractivity contribution in [2.45, 2.75) is 30.5 Å². The molecule has 2 rings (SSSR count). The van der Waals surface area contributed by atoms with E-state index in [0.29, 0.717) is 5.75 Å². The number of hydrogen-bond donors (Lipinski definition) is 1. The van der Waals surface area contributed by atoms with Crippen LogP contribution in [0.15, 0.2) is 29.6 Å². The molecule has 0 atom stereocenters. The average Bonchev–Trinajstić information content (AvgIpc) is 2.85. The van der Waals surface area contributed by atoms with Gasteiger partial charge in [-0.25, -0.2) is 19.4 Å². The van der Waals surface area contributed by atoms with Gasteiger partial charge < -0.3 is 5.11 Å². The van der Waals surface area contributed by atoms with Crippen molar-refractivity contribution >= 4 is 17.7 Å². The maximum Gasteiger partial charge on any atom is 0.354 e. The van der Waals surface area contributed by atoms with E-state index in [-0.39, 0.29) is 11.7 Å². The van der Waals surface area contributed by atoms with Gasteiger partial charge in [0.1, 0.15) is 17.8 Å². The summed E-state index contributed by atoms with van der Waals surface area (Å²) in [7, 11) is 0. The Bertz CT molecular complexity index is 583. The Morgan fingerprint density at radius 3 is 2.95 bits per heavy atom. The van der Waals surface area contributed by atoms with E-state index >= 15 is 0 Å². The zero-order chi connectivity index (χ0) is 13.8. The van der Waals surface area contributed by atoms with Crippen LogP contribution in [0.1, 0.15) is 36.2 Å². The van der Waals surface area contributed by atoms with Crippen molar-refractivity contribution in [3.63, 3.8) is 0 Å². The Hall–Kier alpha value is -1.89. The van der Waals surface area contributed by atoms with E-state index in [1.807, 2.05) is 18.5 Å². The summed E-state index contributed by atoms with van der Waals surface area (Å²) in [6.45, 7) is 4.08. The summed E-state index contributed by atoms with van der Waals surface area (Å²) in [6, 6.07) is 3.60. The van der Waals surface area contributed by atoms with Gasteiger partial charge in [-0.2, -0.15) is 5.10 Å². The highest BCUT2D eigenvalue weighted by atomic mass is 32.2. The molecule has 19 heavy (non-hydrogen) atoms. The Kier molecular flexibility index (Phi) is 4.16. The fourth-order valence-corrected chi connectivity index (χ4v) is 2.43. The van der Waals surface area contributed by atoms with Crippen molar-refractivity contribution in [1.82, 2.24) is 19.7 Å². The largest absolute Gasteiger partial charge is 0.477 e. The maximum atomic E-state index is 10.8. The number of pyridine rings is 1. The molecule has 0 unspecified atom stereocenters. The Labute approximate surface area is 114 Å². The van der Waals surface area contributed by atoms with E-state index in [4.69, 9.17) is 5.11 Å². The lowest BCUT2D eigenvalue weighted by molar-refractivity contribution is 0.0690. The quantitative estimate of drug-likeness (QED) is 0.845. The maximum absolute atomic E-state index is 10.8. The van der Waals surface area contributed by atoms with Gasteiger partial charge >= 0.3 is 5.97 Å². The molecule has 0 radical (unpaired) electrons. The molecule has 0 aliphatic rings. The van der Waals surface area contributed by atoms with Gasteiger partial charge in [-0.1, -0.05) is 0 Å². The van der Waals surface area contributed by atoms with E-state index in [2.05, 4.69) is 15.1 Å². The summed E-state index contributed by atoms with van der Waals surface area (Å²) in [4.78, 5) is 19.7. The molecule has 0 bridgehead atoms. The summed E-state index contributed by atoms with van der Waals surface area (Å²) < 4.78 is 1.85. The summed E-state index contributed by atoms with van der Waals surface area (Å²) in [5.74, 6) is 0.489. The fourth-order valence-electron chi connectivity index (χ4n) is 1.57. The molecule has 0 aromatic carbocycles. The number of rotatable bonds is 5. The highest BCUT2D eigenvalue weighted by Gasteiger charge is 2.09. The van der Waals surface area contributed by atoms with Gasteiger partial charge in [-0.05, 0) is 26.0 Å². The molecule has 0 saturated heterocycles. The number of aromatic carboxylic acids is 1. The van der Waals surface area contributed by atoms with Crippen molar-refractivity contribution in [3.8, 4) is 0 Å². The number of carboxylic acids is 1. The van der Waals surface area contributed by atoms with Crippen molar-refractivity contribution < 1.29 is 9.90 Å². The van der Waals surface area contributed by atoms with Crippen LogP contribution in [0.3, 0.4) is 0 Å². The molecule has 6 nitrogen and oxygen atoms in total. The Balaban J connectivity index is 2.08. The minimum Gasteiger partial charge on any atom is -0.477 e. The van der Waals surface area contributed by atoms with Crippen LogP contribution in [0.2, 0.25) is 0 Å². The molecule has 2 aromatic rings. The van der Waals surface area contributed by atoms with Crippen molar-refractivity contribution in [1.29, 1.82) is 0 Å². The molecule has 0 fully saturated rings. The molecule has 1 N–H and O–H groups in total. The molecule has 0 aliphatic carbocycles. The molecule has 0 aliphatic heterocycles. The van der Waals surface area contributed by atoms with Gasteiger partial charge in [0.15, 0.2) is 0 Å². The minimum atomic E-state index is -1.02. The molecule has 7 heteroatoms. The predicted octanol–water partition coefficient (Wildman–Crippen LogP) is 2.24. The van der Waals surface area contributed by atoms with Crippen LogP contribution in [0.5, 0.6) is 0 Å². The van der Waals surface area contributed by atoms with Gasteiger partial charge in [0, 0.05) is 17.1 Å². The number of hydrogen-bond acceptors (Lipinski definition) is 5. The number of thioether (sulfide) groups is 1. The number of carbonyl (C=O) groups is 1. The lowest BCUT2D eigenvalue weighted by atomic mass is 10.3. The Morgan fingerprint density at radius 2 is 2.26 bits per heavy atom. The van der Waals surface area contributed by atoms with E-state index in [9.17, 15) is 4.79 Å². The van der Waals surface area contributed by atoms with Crippen LogP contribution < -0.4 is 0 Å². The fraction of sp³-hybridized carbons (Fsp3) is 0.333. The average molecular weight is 278 g/mol. The lowest BCUT2D eigenvalue weighted by Crippen LogP contribution is -2.07. The first-order chi connectivity index (χ1) is 9.08. The van der Waals surface area contributed by atoms with Crippen molar-refractivity contribution in [2.24, 2.45) is 0 Å². The standard InChI is InChI=1S/C12H14N4O2S/c1-8(2)16-11(14-7-15-16)6-19-9-3-4-13-10(5-9)12(17)18/h3-5,7-8H,6H2,1-2H3,(H,17,18). The SMILES string of the molecule is CC(C)n1ncnc1CSc1ccnc(C(=O)O)c1. The second kappa shape index (κ2) is 5.83. The first-order valence-electron chi connectivity index (χ1n) is 5.78. The minimum absolute atomic E-state index is 0.0512. The van der Waals surface area contributed by atoms with Crippen LogP contribution in [0.4, 0.5) is 0 Å². The van der Waals surface area contributed by atoms with Crippen molar-refractivity contribution in [2.75, 3.05) is 0 Å². The van der Waals surface area contributed by atoms with Gasteiger partial charge in [0.05, 0.1) is 5.75 Å². The molecule has 0 saturated carbocycles. The van der Waals surface area contributed by atoms with Crippen LogP contribution in [-0.4, -0.2) is 30.8 Å². The summed E-state index contributed by atoms with van der Waals surface area (Å²) in [6.07, 6.45) is 3.03. The van der Waals surface area contributed by atoms with Crippen LogP contribution >= 0.6 is 11.8 Å². The van der Waals surface area contributed by atoms with Gasteiger partial charge in [-0.3, -0.25) is 0 Å². The monoisotopic (exact) mass is 278 g/mol. The summed E-state index contributed by atoms with van der Waals surface area (Å²) in [5, 5.41) is 13.0. The van der Waals surface area contributed by atoms with Gasteiger partial charge in [0.2, 0.25) is 0 Å². The van der Waals surface area contributed by atoms with Crippen LogP contribution in [-0.2, 0) is 5.75 Å². The summed E-state index contributed by atoms with van der Waals surface area (Å²) in [5.41, 5.74) is 0.0512. The first-order valence-corrected chi connectivity index (χ1v) is 6.77. The first kappa shape index (κ1) is 13.5. The number of nitrogens with zero attached hydrogens (tertiary/aromatic N) is 4. The Morgan fingerprint density at radius 1 is 1.47 bits per heavy atom. The lowest BCUT2D eigenvalue weighted by Gasteiger charge is -2.09. The predicted molar refractivity (Wildman–Crippen MR) is 71.2 cm³/mol. The smallest absolute Gasteiger partial charge is 0.354 e. The van der Waals surface area contributed by atoms with Gasteiger partial charge in [-0.15, -0.1) is 11.8 Å². The van der Waals surface area contributed by atoms with E-state index in [1.54, 1.807) is 12.1 Å². The second-order valence-electron chi connectivity index (χ2n) is 4.19. The molecule has 100 valence electrons. The zero-order valence-corrected chi connectivity index (χ0v) is 11.5. The van der Waals surface area contributed by atoms with Crippen LogP contribution in [0.25, 0.3) is 0 Å². The third-order valence-electron chi connectivity index (χ3n) is 2.45. The third-order valence-corrected chi connectivity index (χ3v) is 3.44. The van der Waals surface area contributed by atoms with Crippen molar-refractivity contribution in [3.05, 3.63) is 36.2 Å². The van der Waals surface area contributed by atoms with Gasteiger partial charge in [0.25, 0.3) is 0 Å². The number of carboxylic acid groups (broad SMARTS) is 1. The van der Waals surface area contributed by atoms with E-state index < -0.39 is 5.97 Å². The molecule has 2 aromatic heterocycles. The molecule has 0 amide bonds. The topological polar surface area (TPSA) is 80.9 Å².